The molecule has 1 heterocycles. The summed E-state index contributed by atoms with van der Waals surface area (Å²) < 4.78 is 0. The molecule has 0 radical (unpaired) electrons. The fourth-order valence-electron chi connectivity index (χ4n) is 3.45. The van der Waals surface area contributed by atoms with Gasteiger partial charge in [0.1, 0.15) is 11.3 Å². The van der Waals surface area contributed by atoms with E-state index in [4.69, 9.17) is 5.73 Å². The minimum absolute atomic E-state index is 0.0915. The third-order valence-corrected chi connectivity index (χ3v) is 4.72. The van der Waals surface area contributed by atoms with Gasteiger partial charge < -0.3 is 21.1 Å². The van der Waals surface area contributed by atoms with Crippen molar-refractivity contribution in [3.05, 3.63) is 54.1 Å². The minimum Gasteiger partial charge on any atom is -0.507 e. The summed E-state index contributed by atoms with van der Waals surface area (Å²) in [5, 5.41) is 13.2. The average Bonchev–Trinajstić information content (AvgIpc) is 2.63. The lowest BCUT2D eigenvalue weighted by molar-refractivity contribution is 0.0998. The zero-order valence-electron chi connectivity index (χ0n) is 15.1. The van der Waals surface area contributed by atoms with Gasteiger partial charge in [-0.3, -0.25) is 9.69 Å². The third kappa shape index (κ3) is 4.26. The van der Waals surface area contributed by atoms with Crippen LogP contribution in [-0.4, -0.2) is 54.7 Å². The maximum absolute atomic E-state index is 11.6. The lowest BCUT2D eigenvalue weighted by Crippen LogP contribution is -2.49. The van der Waals surface area contributed by atoms with Crippen LogP contribution >= 0.6 is 0 Å². The van der Waals surface area contributed by atoms with Crippen LogP contribution in [0.15, 0.2) is 48.5 Å². The second-order valence-corrected chi connectivity index (χ2v) is 6.73. The van der Waals surface area contributed by atoms with Crippen LogP contribution in [0.4, 0.5) is 11.4 Å². The van der Waals surface area contributed by atoms with E-state index < -0.39 is 5.91 Å². The number of aromatic hydroxyl groups is 1. The average molecular weight is 354 g/mol. The number of nitrogens with one attached hydrogen (secondary N) is 1. The molecule has 2 aromatic carbocycles. The highest BCUT2D eigenvalue weighted by Gasteiger charge is 2.20. The number of amides is 1. The summed E-state index contributed by atoms with van der Waals surface area (Å²) in [6.07, 6.45) is 0. The van der Waals surface area contributed by atoms with Crippen LogP contribution in [-0.2, 0) is 0 Å². The zero-order chi connectivity index (χ0) is 18.5. The van der Waals surface area contributed by atoms with E-state index in [2.05, 4.69) is 46.3 Å². The van der Waals surface area contributed by atoms with Crippen molar-refractivity contribution in [2.24, 2.45) is 5.73 Å². The van der Waals surface area contributed by atoms with Gasteiger partial charge in [-0.05, 0) is 31.2 Å². The van der Waals surface area contributed by atoms with Crippen molar-refractivity contribution in [2.45, 2.75) is 13.0 Å². The molecule has 3 rings (SSSR count). The molecule has 0 aromatic heterocycles. The van der Waals surface area contributed by atoms with Gasteiger partial charge in [0.2, 0.25) is 0 Å². The highest BCUT2D eigenvalue weighted by molar-refractivity contribution is 6.01. The van der Waals surface area contributed by atoms with E-state index in [9.17, 15) is 9.90 Å². The second-order valence-electron chi connectivity index (χ2n) is 6.73. The SMILES string of the molecule is CC(CN1CCN(c2ccccc2)CC1)Nc1cccc(O)c1C(N)=O. The Labute approximate surface area is 154 Å². The zero-order valence-corrected chi connectivity index (χ0v) is 15.1. The summed E-state index contributed by atoms with van der Waals surface area (Å²) in [5.74, 6) is -0.722. The molecule has 1 aliphatic rings. The van der Waals surface area contributed by atoms with Gasteiger partial charge in [-0.2, -0.15) is 0 Å². The molecule has 1 unspecified atom stereocenters. The Morgan fingerprint density at radius 3 is 2.46 bits per heavy atom. The molecule has 0 aliphatic carbocycles. The predicted octanol–water partition coefficient (Wildman–Crippen LogP) is 2.11. The first kappa shape index (κ1) is 18.1. The van der Waals surface area contributed by atoms with Crippen LogP contribution in [0.2, 0.25) is 0 Å². The minimum atomic E-state index is -0.630. The fraction of sp³-hybridized carbons (Fsp3) is 0.350. The highest BCUT2D eigenvalue weighted by Crippen LogP contribution is 2.25. The van der Waals surface area contributed by atoms with Crippen LogP contribution < -0.4 is 16.0 Å². The Bertz CT molecular complexity index is 743. The molecule has 0 spiro atoms. The largest absolute Gasteiger partial charge is 0.507 e. The van der Waals surface area contributed by atoms with Crippen LogP contribution in [0.5, 0.6) is 5.75 Å². The van der Waals surface area contributed by atoms with Crippen LogP contribution in [0.1, 0.15) is 17.3 Å². The summed E-state index contributed by atoms with van der Waals surface area (Å²) in [6.45, 7) is 6.90. The lowest BCUT2D eigenvalue weighted by Gasteiger charge is -2.37. The van der Waals surface area contributed by atoms with E-state index in [0.717, 1.165) is 32.7 Å². The highest BCUT2D eigenvalue weighted by atomic mass is 16.3. The molecule has 1 amide bonds. The Balaban J connectivity index is 1.55. The fourth-order valence-corrected chi connectivity index (χ4v) is 3.45. The third-order valence-electron chi connectivity index (χ3n) is 4.72. The topological polar surface area (TPSA) is 81.8 Å². The van der Waals surface area contributed by atoms with Crippen molar-refractivity contribution >= 4 is 17.3 Å². The first-order valence-electron chi connectivity index (χ1n) is 8.95. The van der Waals surface area contributed by atoms with Gasteiger partial charge in [-0.1, -0.05) is 24.3 Å². The van der Waals surface area contributed by atoms with Crippen LogP contribution in [0.3, 0.4) is 0 Å². The van der Waals surface area contributed by atoms with E-state index in [1.807, 2.05) is 6.07 Å². The number of rotatable bonds is 6. The monoisotopic (exact) mass is 354 g/mol. The number of phenols is 1. The first-order valence-corrected chi connectivity index (χ1v) is 8.95. The molecule has 1 saturated heterocycles. The maximum atomic E-state index is 11.6. The first-order chi connectivity index (χ1) is 12.5. The Morgan fingerprint density at radius 1 is 1.12 bits per heavy atom. The normalized spacial score (nSPS) is 16.3. The van der Waals surface area contributed by atoms with Gasteiger partial charge >= 0.3 is 0 Å². The molecular formula is C20H26N4O2. The van der Waals surface area contributed by atoms with E-state index in [1.165, 1.54) is 11.8 Å². The number of hydrogen-bond donors (Lipinski definition) is 3. The van der Waals surface area contributed by atoms with Crippen LogP contribution in [0.25, 0.3) is 0 Å². The molecule has 4 N–H and O–H groups in total. The quantitative estimate of drug-likeness (QED) is 0.740. The van der Waals surface area contributed by atoms with E-state index >= 15 is 0 Å². The number of hydrogen-bond acceptors (Lipinski definition) is 5. The number of para-hydroxylation sites is 1. The maximum Gasteiger partial charge on any atom is 0.254 e. The van der Waals surface area contributed by atoms with E-state index in [-0.39, 0.29) is 17.4 Å². The number of nitrogens with two attached hydrogens (primary N) is 1. The van der Waals surface area contributed by atoms with Gasteiger partial charge in [-0.25, -0.2) is 0 Å². The van der Waals surface area contributed by atoms with E-state index in [0.29, 0.717) is 5.69 Å². The Morgan fingerprint density at radius 2 is 1.81 bits per heavy atom. The molecule has 6 nitrogen and oxygen atoms in total. The van der Waals surface area contributed by atoms with Gasteiger partial charge in [-0.15, -0.1) is 0 Å². The van der Waals surface area contributed by atoms with E-state index in [1.54, 1.807) is 12.1 Å². The molecule has 1 fully saturated rings. The molecule has 2 aromatic rings. The summed E-state index contributed by atoms with van der Waals surface area (Å²) >= 11 is 0. The molecule has 138 valence electrons. The number of benzene rings is 2. The Kier molecular flexibility index (Phi) is 5.63. The summed E-state index contributed by atoms with van der Waals surface area (Å²) in [5.41, 5.74) is 7.38. The summed E-state index contributed by atoms with van der Waals surface area (Å²) in [7, 11) is 0. The number of carbonyl (C=O) groups excluding carboxylic acids is 1. The summed E-state index contributed by atoms with van der Waals surface area (Å²) in [6, 6.07) is 15.5. The van der Waals surface area contributed by atoms with Gasteiger partial charge in [0.15, 0.2) is 0 Å². The standard InChI is InChI=1S/C20H26N4O2/c1-15(22-17-8-5-9-18(25)19(17)20(21)26)14-23-10-12-24(13-11-23)16-6-3-2-4-7-16/h2-9,15,22,25H,10-14H2,1H3,(H2,21,26). The summed E-state index contributed by atoms with van der Waals surface area (Å²) in [4.78, 5) is 16.4. The molecule has 26 heavy (non-hydrogen) atoms. The van der Waals surface area contributed by atoms with Crippen molar-refractivity contribution in [1.29, 1.82) is 0 Å². The number of carbonyl (C=O) groups is 1. The number of anilines is 2. The molecule has 0 bridgehead atoms. The van der Waals surface area contributed by atoms with Crippen molar-refractivity contribution in [3.63, 3.8) is 0 Å². The van der Waals surface area contributed by atoms with Gasteiger partial charge in [0.05, 0.1) is 5.69 Å². The molecule has 1 aliphatic heterocycles. The predicted molar refractivity (Wildman–Crippen MR) is 105 cm³/mol. The van der Waals surface area contributed by atoms with Gasteiger partial charge in [0.25, 0.3) is 5.91 Å². The van der Waals surface area contributed by atoms with Crippen molar-refractivity contribution in [3.8, 4) is 5.75 Å². The lowest BCUT2D eigenvalue weighted by atomic mass is 10.1. The second kappa shape index (κ2) is 8.10. The molecule has 6 heteroatoms. The smallest absolute Gasteiger partial charge is 0.254 e. The molecule has 0 saturated carbocycles. The molecular weight excluding hydrogens is 328 g/mol. The number of piperazine rings is 1. The van der Waals surface area contributed by atoms with Crippen LogP contribution in [0, 0.1) is 0 Å². The van der Waals surface area contributed by atoms with Gasteiger partial charge in [0, 0.05) is 44.5 Å². The number of nitrogens with zero attached hydrogens (tertiary/aromatic N) is 2. The number of primary amides is 1. The molecule has 1 atom stereocenters. The Hall–Kier alpha value is -2.73. The van der Waals surface area contributed by atoms with Crippen molar-refractivity contribution in [1.82, 2.24) is 4.90 Å². The van der Waals surface area contributed by atoms with Crippen molar-refractivity contribution in [2.75, 3.05) is 42.9 Å². The van der Waals surface area contributed by atoms with Crippen molar-refractivity contribution < 1.29 is 9.90 Å².